The van der Waals surface area contributed by atoms with Crippen LogP contribution in [-0.2, 0) is 35.2 Å². The van der Waals surface area contributed by atoms with Gasteiger partial charge in [-0.3, -0.25) is 24.0 Å². The van der Waals surface area contributed by atoms with Crippen molar-refractivity contribution in [3.8, 4) is 0 Å². The van der Waals surface area contributed by atoms with Gasteiger partial charge in [0, 0.05) is 36.4 Å². The van der Waals surface area contributed by atoms with Gasteiger partial charge in [0.15, 0.2) is 0 Å². The molecule has 0 spiro atoms. The minimum Gasteiger partial charge on any atom is -0.480 e. The number of para-hydroxylation sites is 1. The first kappa shape index (κ1) is 31.8. The highest BCUT2D eigenvalue weighted by Crippen LogP contribution is 2.19. The van der Waals surface area contributed by atoms with Crippen molar-refractivity contribution >= 4 is 46.4 Å². The summed E-state index contributed by atoms with van der Waals surface area (Å²) in [6.45, 7) is 3.50. The van der Waals surface area contributed by atoms with E-state index in [-0.39, 0.29) is 38.0 Å². The van der Waals surface area contributed by atoms with Crippen LogP contribution < -0.4 is 33.2 Å². The molecule has 1 aromatic carbocycles. The largest absolute Gasteiger partial charge is 0.480 e. The maximum Gasteiger partial charge on any atom is 0.326 e. The molecule has 1 aromatic heterocycles. The Kier molecular flexibility index (Phi) is 11.6. The number of aliphatic carboxylic acids is 1. The normalized spacial score (nSPS) is 14.1. The zero-order valence-electron chi connectivity index (χ0n) is 22.4. The number of hydrogen-bond donors (Lipinski definition) is 8. The molecule has 0 aliphatic heterocycles. The quantitative estimate of drug-likeness (QED) is 0.123. The van der Waals surface area contributed by atoms with Gasteiger partial charge in [-0.25, -0.2) is 4.79 Å². The molecule has 0 fully saturated rings. The van der Waals surface area contributed by atoms with Crippen LogP contribution in [0.5, 0.6) is 0 Å². The van der Waals surface area contributed by atoms with Crippen LogP contribution in [0.4, 0.5) is 0 Å². The summed E-state index contributed by atoms with van der Waals surface area (Å²) in [6, 6.07) is 2.42. The third-order valence-corrected chi connectivity index (χ3v) is 6.36. The van der Waals surface area contributed by atoms with Crippen molar-refractivity contribution in [2.75, 3.05) is 0 Å². The number of H-pyrrole nitrogens is 1. The lowest BCUT2D eigenvalue weighted by Crippen LogP contribution is -2.58. The summed E-state index contributed by atoms with van der Waals surface area (Å²) in [5.41, 5.74) is 17.8. The molecular weight excluding hydrogens is 522 g/mol. The van der Waals surface area contributed by atoms with Crippen LogP contribution in [0.1, 0.15) is 45.1 Å². The second kappa shape index (κ2) is 14.6. The molecule has 4 unspecified atom stereocenters. The number of carboxylic acid groups (broad SMARTS) is 1. The second-order valence-corrected chi connectivity index (χ2v) is 9.87. The van der Waals surface area contributed by atoms with E-state index in [9.17, 15) is 33.9 Å². The molecular formula is C26H37N7O7. The summed E-state index contributed by atoms with van der Waals surface area (Å²) in [6.07, 6.45) is 0.618. The van der Waals surface area contributed by atoms with Gasteiger partial charge >= 0.3 is 5.97 Å². The summed E-state index contributed by atoms with van der Waals surface area (Å²) in [7, 11) is 0. The van der Waals surface area contributed by atoms with Gasteiger partial charge in [0.05, 0.1) is 6.04 Å². The molecule has 0 radical (unpaired) electrons. The van der Waals surface area contributed by atoms with E-state index in [1.807, 2.05) is 24.3 Å². The number of carboxylic acids is 1. The van der Waals surface area contributed by atoms with Gasteiger partial charge in [-0.05, 0) is 30.4 Å². The molecule has 11 N–H and O–H groups in total. The Labute approximate surface area is 230 Å². The van der Waals surface area contributed by atoms with E-state index in [1.54, 1.807) is 20.0 Å². The lowest BCUT2D eigenvalue weighted by Gasteiger charge is -2.25. The van der Waals surface area contributed by atoms with Gasteiger partial charge in [0.2, 0.25) is 29.5 Å². The third-order valence-electron chi connectivity index (χ3n) is 6.36. The zero-order chi connectivity index (χ0) is 30.0. The predicted octanol–water partition coefficient (Wildman–Crippen LogP) is -1.24. The van der Waals surface area contributed by atoms with Crippen molar-refractivity contribution in [2.45, 2.75) is 70.1 Å². The van der Waals surface area contributed by atoms with Crippen molar-refractivity contribution < 1.29 is 33.9 Å². The maximum absolute atomic E-state index is 13.5. The molecule has 218 valence electrons. The second-order valence-electron chi connectivity index (χ2n) is 9.87. The number of nitrogens with two attached hydrogens (primary N) is 3. The fraction of sp³-hybridized carbons (Fsp3) is 0.462. The van der Waals surface area contributed by atoms with E-state index < -0.39 is 59.7 Å². The lowest BCUT2D eigenvalue weighted by atomic mass is 10.0. The van der Waals surface area contributed by atoms with Crippen molar-refractivity contribution in [2.24, 2.45) is 23.1 Å². The lowest BCUT2D eigenvalue weighted by molar-refractivity contribution is -0.142. The van der Waals surface area contributed by atoms with E-state index in [0.717, 1.165) is 10.9 Å². The van der Waals surface area contributed by atoms with Crippen LogP contribution in [-0.4, -0.2) is 69.8 Å². The molecule has 0 bridgehead atoms. The Morgan fingerprint density at radius 2 is 1.35 bits per heavy atom. The Balaban J connectivity index is 2.31. The van der Waals surface area contributed by atoms with Crippen LogP contribution in [0.2, 0.25) is 0 Å². The first-order valence-electron chi connectivity index (χ1n) is 12.8. The number of benzene rings is 1. The summed E-state index contributed by atoms with van der Waals surface area (Å²) >= 11 is 0. The van der Waals surface area contributed by atoms with E-state index >= 15 is 0 Å². The fourth-order valence-corrected chi connectivity index (χ4v) is 3.94. The van der Waals surface area contributed by atoms with Gasteiger partial charge in [-0.15, -0.1) is 0 Å². The minimum atomic E-state index is -1.47. The fourth-order valence-electron chi connectivity index (χ4n) is 3.94. The van der Waals surface area contributed by atoms with Gasteiger partial charge in [-0.1, -0.05) is 32.0 Å². The molecule has 14 nitrogen and oxygen atoms in total. The van der Waals surface area contributed by atoms with Crippen LogP contribution in [0.15, 0.2) is 30.5 Å². The van der Waals surface area contributed by atoms with Crippen LogP contribution in [0.3, 0.4) is 0 Å². The molecule has 0 saturated heterocycles. The number of amides is 5. The molecule has 5 amide bonds. The summed E-state index contributed by atoms with van der Waals surface area (Å²) in [5, 5.41) is 17.7. The summed E-state index contributed by atoms with van der Waals surface area (Å²) in [5.74, 6) is -5.39. The number of rotatable bonds is 16. The average molecular weight is 560 g/mol. The SMILES string of the molecule is CC(C)C(N)C(=O)NC(Cc1c[nH]c2ccccc12)C(=O)NC(CCC(N)=O)C(=O)NC(CCC(N)=O)C(=O)O. The third kappa shape index (κ3) is 9.38. The monoisotopic (exact) mass is 559 g/mol. The summed E-state index contributed by atoms with van der Waals surface area (Å²) < 4.78 is 0. The Hall–Kier alpha value is -4.46. The number of carbonyl (C=O) groups excluding carboxylic acids is 5. The highest BCUT2D eigenvalue weighted by molar-refractivity contribution is 5.95. The van der Waals surface area contributed by atoms with E-state index in [0.29, 0.717) is 5.56 Å². The number of fused-ring (bicyclic) bond motifs is 1. The molecule has 0 saturated carbocycles. The smallest absolute Gasteiger partial charge is 0.326 e. The van der Waals surface area contributed by atoms with Crippen molar-refractivity contribution in [3.63, 3.8) is 0 Å². The molecule has 1 heterocycles. The Bertz CT molecular complexity index is 1240. The molecule has 2 aromatic rings. The predicted molar refractivity (Wildman–Crippen MR) is 145 cm³/mol. The maximum atomic E-state index is 13.5. The number of hydrogen-bond acceptors (Lipinski definition) is 7. The van der Waals surface area contributed by atoms with Crippen LogP contribution >= 0.6 is 0 Å². The Morgan fingerprint density at radius 1 is 0.825 bits per heavy atom. The number of carbonyl (C=O) groups is 6. The van der Waals surface area contributed by atoms with E-state index in [4.69, 9.17) is 17.2 Å². The highest BCUT2D eigenvalue weighted by atomic mass is 16.4. The zero-order valence-corrected chi connectivity index (χ0v) is 22.4. The number of primary amides is 2. The van der Waals surface area contributed by atoms with Gasteiger partial charge in [0.25, 0.3) is 0 Å². The first-order chi connectivity index (χ1) is 18.8. The molecule has 40 heavy (non-hydrogen) atoms. The highest BCUT2D eigenvalue weighted by Gasteiger charge is 2.31. The van der Waals surface area contributed by atoms with Gasteiger partial charge in [-0.2, -0.15) is 0 Å². The number of nitrogens with one attached hydrogen (secondary N) is 4. The molecule has 0 aliphatic rings. The topological polar surface area (TPSA) is 253 Å². The van der Waals surface area contributed by atoms with Crippen molar-refractivity contribution in [1.29, 1.82) is 0 Å². The molecule has 0 aliphatic carbocycles. The van der Waals surface area contributed by atoms with Crippen molar-refractivity contribution in [3.05, 3.63) is 36.0 Å². The molecule has 14 heteroatoms. The minimum absolute atomic E-state index is 0.0346. The van der Waals surface area contributed by atoms with Crippen LogP contribution in [0, 0.1) is 5.92 Å². The van der Waals surface area contributed by atoms with Crippen LogP contribution in [0.25, 0.3) is 10.9 Å². The van der Waals surface area contributed by atoms with Gasteiger partial charge in [0.1, 0.15) is 18.1 Å². The average Bonchev–Trinajstić information content (AvgIpc) is 3.29. The standard InChI is InChI=1S/C26H37N7O7/c1-13(2)22(29)25(38)33-19(11-14-12-30-16-6-4-3-5-15(14)16)24(37)31-17(7-9-20(27)34)23(36)32-18(26(39)40)8-10-21(28)35/h3-6,12-13,17-19,22,30H,7-11,29H2,1-2H3,(H2,27,34)(H2,28,35)(H,31,37)(H,32,36)(H,33,38)(H,39,40). The Morgan fingerprint density at radius 3 is 1.93 bits per heavy atom. The molecule has 2 rings (SSSR count). The van der Waals surface area contributed by atoms with Crippen molar-refractivity contribution in [1.82, 2.24) is 20.9 Å². The summed E-state index contributed by atoms with van der Waals surface area (Å²) in [4.78, 5) is 76.5. The first-order valence-corrected chi connectivity index (χ1v) is 12.8. The van der Waals surface area contributed by atoms with E-state index in [1.165, 1.54) is 0 Å². The number of aromatic amines is 1. The van der Waals surface area contributed by atoms with E-state index in [2.05, 4.69) is 20.9 Å². The molecule has 4 atom stereocenters. The number of aromatic nitrogens is 1. The van der Waals surface area contributed by atoms with Gasteiger partial charge < -0.3 is 43.2 Å².